The van der Waals surface area contributed by atoms with Crippen molar-refractivity contribution in [2.24, 2.45) is 0 Å². The molecule has 1 aliphatic rings. The van der Waals surface area contributed by atoms with Gasteiger partial charge in [-0.1, -0.05) is 0 Å². The Morgan fingerprint density at radius 1 is 1.07 bits per heavy atom. The fraction of sp³-hybridized carbons (Fsp3) is 0.333. The molecule has 0 aliphatic heterocycles. The fourth-order valence-electron chi connectivity index (χ4n) is 3.79. The highest BCUT2D eigenvalue weighted by Gasteiger charge is 2.17. The first-order valence-corrected chi connectivity index (χ1v) is 10.0. The molecule has 0 N–H and O–H groups in total. The van der Waals surface area contributed by atoms with Crippen LogP contribution in [-0.4, -0.2) is 19.2 Å². The summed E-state index contributed by atoms with van der Waals surface area (Å²) in [5.74, 6) is 0.510. The van der Waals surface area contributed by atoms with Crippen molar-refractivity contribution in [1.82, 2.24) is 0 Å². The minimum atomic E-state index is -0.507. The van der Waals surface area contributed by atoms with Gasteiger partial charge < -0.3 is 18.6 Å². The van der Waals surface area contributed by atoms with E-state index < -0.39 is 11.6 Å². The van der Waals surface area contributed by atoms with E-state index >= 15 is 0 Å². The molecule has 0 unspecified atom stereocenters. The Labute approximate surface area is 174 Å². The number of hydrogen-bond acceptors (Lipinski definition) is 6. The molecule has 0 radical (unpaired) electrons. The molecule has 156 valence electrons. The van der Waals surface area contributed by atoms with Gasteiger partial charge in [-0.3, -0.25) is 0 Å². The minimum absolute atomic E-state index is 0.0174. The van der Waals surface area contributed by atoms with Crippen LogP contribution in [0.5, 0.6) is 11.5 Å². The van der Waals surface area contributed by atoms with Crippen LogP contribution in [0.2, 0.25) is 0 Å². The van der Waals surface area contributed by atoms with Crippen molar-refractivity contribution in [3.8, 4) is 11.5 Å². The van der Waals surface area contributed by atoms with E-state index in [9.17, 15) is 9.59 Å². The highest BCUT2D eigenvalue weighted by atomic mass is 16.5. The Morgan fingerprint density at radius 3 is 2.57 bits per heavy atom. The third-order valence-corrected chi connectivity index (χ3v) is 5.16. The number of aryl methyl sites for hydroxylation is 2. The van der Waals surface area contributed by atoms with Crippen LogP contribution in [0.4, 0.5) is 0 Å². The van der Waals surface area contributed by atoms with Crippen molar-refractivity contribution in [2.45, 2.75) is 45.8 Å². The topological polar surface area (TPSA) is 75.0 Å². The predicted molar refractivity (Wildman–Crippen MR) is 112 cm³/mol. The highest BCUT2D eigenvalue weighted by Crippen LogP contribution is 2.30. The van der Waals surface area contributed by atoms with Crippen molar-refractivity contribution in [3.63, 3.8) is 0 Å². The minimum Gasteiger partial charge on any atom is -0.493 e. The predicted octanol–water partition coefficient (Wildman–Crippen LogP) is 4.43. The molecule has 6 heteroatoms. The van der Waals surface area contributed by atoms with Crippen LogP contribution in [0, 0.1) is 0 Å². The Hall–Kier alpha value is -3.28. The van der Waals surface area contributed by atoms with Crippen LogP contribution in [0.1, 0.15) is 47.3 Å². The van der Waals surface area contributed by atoms with E-state index in [-0.39, 0.29) is 12.7 Å². The summed E-state index contributed by atoms with van der Waals surface area (Å²) in [6.07, 6.45) is 3.08. The Bertz CT molecular complexity index is 1160. The molecule has 0 spiro atoms. The van der Waals surface area contributed by atoms with E-state index in [1.165, 1.54) is 24.3 Å². The summed E-state index contributed by atoms with van der Waals surface area (Å²) in [4.78, 5) is 24.6. The Morgan fingerprint density at radius 2 is 1.83 bits per heavy atom. The van der Waals surface area contributed by atoms with E-state index in [0.29, 0.717) is 28.2 Å². The van der Waals surface area contributed by atoms with E-state index in [2.05, 4.69) is 0 Å². The van der Waals surface area contributed by atoms with Gasteiger partial charge in [0.15, 0.2) is 11.5 Å². The molecule has 0 fully saturated rings. The lowest BCUT2D eigenvalue weighted by Crippen LogP contribution is -2.10. The lowest BCUT2D eigenvalue weighted by molar-refractivity contribution is 0.0473. The van der Waals surface area contributed by atoms with Gasteiger partial charge >= 0.3 is 11.6 Å². The summed E-state index contributed by atoms with van der Waals surface area (Å²) < 4.78 is 21.9. The molecule has 2 aromatic carbocycles. The number of esters is 1. The van der Waals surface area contributed by atoms with Gasteiger partial charge in [0.2, 0.25) is 0 Å². The fourth-order valence-corrected chi connectivity index (χ4v) is 3.79. The van der Waals surface area contributed by atoms with E-state index in [1.807, 2.05) is 26.0 Å². The van der Waals surface area contributed by atoms with Crippen LogP contribution in [0.25, 0.3) is 11.0 Å². The first-order chi connectivity index (χ1) is 14.4. The van der Waals surface area contributed by atoms with Crippen LogP contribution < -0.4 is 15.1 Å². The molecule has 0 atom stereocenters. The number of methoxy groups -OCH3 is 1. The van der Waals surface area contributed by atoms with Crippen LogP contribution in [0.3, 0.4) is 0 Å². The number of benzene rings is 2. The molecule has 0 saturated heterocycles. The monoisotopic (exact) mass is 408 g/mol. The average Bonchev–Trinajstić information content (AvgIpc) is 3.17. The van der Waals surface area contributed by atoms with Gasteiger partial charge in [0.05, 0.1) is 18.8 Å². The summed E-state index contributed by atoms with van der Waals surface area (Å²) in [5.41, 5.74) is 3.53. The molecule has 30 heavy (non-hydrogen) atoms. The van der Waals surface area contributed by atoms with Crippen molar-refractivity contribution in [1.29, 1.82) is 0 Å². The second-order valence-corrected chi connectivity index (χ2v) is 7.67. The Kier molecular flexibility index (Phi) is 5.48. The smallest absolute Gasteiger partial charge is 0.338 e. The second kappa shape index (κ2) is 8.22. The van der Waals surface area contributed by atoms with Crippen LogP contribution in [-0.2, 0) is 24.2 Å². The molecule has 0 saturated carbocycles. The third kappa shape index (κ3) is 4.03. The van der Waals surface area contributed by atoms with Crippen LogP contribution in [0.15, 0.2) is 45.6 Å². The van der Waals surface area contributed by atoms with Gasteiger partial charge in [0.1, 0.15) is 12.2 Å². The SMILES string of the molecule is COc1cc(C(=O)OCc2cc(=O)oc3cc4c(cc23)CCC4)ccc1OC(C)C. The molecule has 1 heterocycles. The molecular formula is C24H24O6. The summed E-state index contributed by atoms with van der Waals surface area (Å²) in [6, 6.07) is 10.3. The number of carbonyl (C=O) groups excluding carboxylic acids is 1. The summed E-state index contributed by atoms with van der Waals surface area (Å²) in [5, 5.41) is 0.807. The molecule has 6 nitrogen and oxygen atoms in total. The number of carbonyl (C=O) groups is 1. The van der Waals surface area contributed by atoms with E-state index in [0.717, 1.165) is 24.6 Å². The van der Waals surface area contributed by atoms with Gasteiger partial charge in [-0.15, -0.1) is 0 Å². The molecule has 0 amide bonds. The highest BCUT2D eigenvalue weighted by molar-refractivity contribution is 5.90. The lowest BCUT2D eigenvalue weighted by Gasteiger charge is -2.14. The number of fused-ring (bicyclic) bond motifs is 2. The summed E-state index contributed by atoms with van der Waals surface area (Å²) in [7, 11) is 1.52. The van der Waals surface area contributed by atoms with Crippen molar-refractivity contribution < 1.29 is 23.4 Å². The normalized spacial score (nSPS) is 12.8. The van der Waals surface area contributed by atoms with Gasteiger partial charge in [0.25, 0.3) is 0 Å². The molecule has 0 bridgehead atoms. The first kappa shape index (κ1) is 20.0. The molecular weight excluding hydrogens is 384 g/mol. The number of hydrogen-bond donors (Lipinski definition) is 0. The molecule has 1 aliphatic carbocycles. The standard InChI is InChI=1S/C24H24O6/c1-14(2)29-20-8-7-17(11-22(20)27-3)24(26)28-13-18-12-23(25)30-21-10-16-6-4-5-15(16)9-19(18)21/h7-12,14H,4-6,13H2,1-3H3. The van der Waals surface area contributed by atoms with E-state index in [4.69, 9.17) is 18.6 Å². The summed E-state index contributed by atoms with van der Waals surface area (Å²) >= 11 is 0. The van der Waals surface area contributed by atoms with Crippen molar-refractivity contribution >= 4 is 16.9 Å². The molecule has 1 aromatic heterocycles. The first-order valence-electron chi connectivity index (χ1n) is 10.0. The quantitative estimate of drug-likeness (QED) is 0.444. The third-order valence-electron chi connectivity index (χ3n) is 5.16. The van der Waals surface area contributed by atoms with Gasteiger partial charge in [-0.05, 0) is 74.6 Å². The van der Waals surface area contributed by atoms with Gasteiger partial charge in [-0.25, -0.2) is 9.59 Å². The zero-order valence-electron chi connectivity index (χ0n) is 17.3. The van der Waals surface area contributed by atoms with Crippen molar-refractivity contribution in [2.75, 3.05) is 7.11 Å². The zero-order valence-corrected chi connectivity index (χ0v) is 17.3. The number of rotatable bonds is 6. The Balaban J connectivity index is 1.57. The summed E-state index contributed by atoms with van der Waals surface area (Å²) in [6.45, 7) is 3.81. The maximum absolute atomic E-state index is 12.6. The molecule has 3 aromatic rings. The zero-order chi connectivity index (χ0) is 21.3. The maximum Gasteiger partial charge on any atom is 0.338 e. The second-order valence-electron chi connectivity index (χ2n) is 7.67. The number of ether oxygens (including phenoxy) is 3. The molecule has 4 rings (SSSR count). The van der Waals surface area contributed by atoms with Crippen molar-refractivity contribution in [3.05, 3.63) is 69.1 Å². The van der Waals surface area contributed by atoms with Gasteiger partial charge in [0, 0.05) is 17.0 Å². The largest absolute Gasteiger partial charge is 0.493 e. The average molecular weight is 408 g/mol. The van der Waals surface area contributed by atoms with E-state index in [1.54, 1.807) is 18.2 Å². The van der Waals surface area contributed by atoms with Crippen LogP contribution >= 0.6 is 0 Å². The maximum atomic E-state index is 12.6. The lowest BCUT2D eigenvalue weighted by atomic mass is 10.0. The van der Waals surface area contributed by atoms with Gasteiger partial charge in [-0.2, -0.15) is 0 Å².